The van der Waals surface area contributed by atoms with E-state index in [1.54, 1.807) is 11.9 Å². The highest BCUT2D eigenvalue weighted by Crippen LogP contribution is 2.44. The van der Waals surface area contributed by atoms with E-state index >= 15 is 0 Å². The molecule has 3 aliphatic rings. The fourth-order valence-electron chi connectivity index (χ4n) is 3.55. The molecule has 1 aromatic carbocycles. The largest absolute Gasteiger partial charge is 0.348 e. The first-order valence-electron chi connectivity index (χ1n) is 8.86. The van der Waals surface area contributed by atoms with E-state index in [0.29, 0.717) is 30.0 Å². The van der Waals surface area contributed by atoms with Gasteiger partial charge in [0.1, 0.15) is 11.8 Å². The van der Waals surface area contributed by atoms with Gasteiger partial charge in [0.25, 0.3) is 5.91 Å². The molecule has 1 heterocycles. The molecular formula is C19H23N3O2. The highest BCUT2D eigenvalue weighted by molar-refractivity contribution is 6.40. The average Bonchev–Trinajstić information content (AvgIpc) is 3.50. The number of carbonyl (C=O) groups excluding carboxylic acids is 2. The van der Waals surface area contributed by atoms with Gasteiger partial charge >= 0.3 is 0 Å². The zero-order valence-electron chi connectivity index (χ0n) is 13.9. The summed E-state index contributed by atoms with van der Waals surface area (Å²) in [5, 5.41) is 9.39. The standard InChI is InChI=1S/C19H23N3O2/c1-12(23)17-11-16(21-22(17)15-5-3-2-4-6-15)19(24)20-18(13-7-8-13)14-9-10-14/h2-6,13-14,17-18H,7-11H2,1H3,(H,20,24). The highest BCUT2D eigenvalue weighted by atomic mass is 16.2. The van der Waals surface area contributed by atoms with Crippen molar-refractivity contribution in [3.63, 3.8) is 0 Å². The molecule has 5 heteroatoms. The van der Waals surface area contributed by atoms with Gasteiger partial charge in [0, 0.05) is 12.5 Å². The van der Waals surface area contributed by atoms with Crippen molar-refractivity contribution >= 4 is 23.1 Å². The fraction of sp³-hybridized carbons (Fsp3) is 0.526. The van der Waals surface area contributed by atoms with Crippen molar-refractivity contribution in [2.24, 2.45) is 16.9 Å². The molecule has 1 aromatic rings. The summed E-state index contributed by atoms with van der Waals surface area (Å²) in [5.74, 6) is 1.24. The molecule has 0 spiro atoms. The summed E-state index contributed by atoms with van der Waals surface area (Å²) in [6.45, 7) is 1.56. The number of hydrogen-bond donors (Lipinski definition) is 1. The first-order chi connectivity index (χ1) is 11.6. The second-order valence-corrected chi connectivity index (χ2v) is 7.23. The van der Waals surface area contributed by atoms with Crippen molar-refractivity contribution in [2.45, 2.75) is 51.1 Å². The van der Waals surface area contributed by atoms with E-state index < -0.39 is 0 Å². The van der Waals surface area contributed by atoms with Gasteiger partial charge in [-0.1, -0.05) is 18.2 Å². The predicted molar refractivity (Wildman–Crippen MR) is 92.8 cm³/mol. The van der Waals surface area contributed by atoms with Gasteiger partial charge in [-0.2, -0.15) is 5.10 Å². The Morgan fingerprint density at radius 1 is 1.12 bits per heavy atom. The van der Waals surface area contributed by atoms with E-state index in [2.05, 4.69) is 10.4 Å². The Bertz CT molecular complexity index is 665. The summed E-state index contributed by atoms with van der Waals surface area (Å²) in [6, 6.07) is 9.51. The van der Waals surface area contributed by atoms with E-state index in [1.807, 2.05) is 30.3 Å². The number of nitrogens with zero attached hydrogens (tertiary/aromatic N) is 2. The number of Topliss-reactive ketones (excluding diaryl/α,β-unsaturated/α-hetero) is 1. The molecule has 1 amide bonds. The third-order valence-electron chi connectivity index (χ3n) is 5.22. The minimum Gasteiger partial charge on any atom is -0.348 e. The highest BCUT2D eigenvalue weighted by Gasteiger charge is 2.43. The number of anilines is 1. The predicted octanol–water partition coefficient (Wildman–Crippen LogP) is 2.52. The maximum Gasteiger partial charge on any atom is 0.267 e. The zero-order valence-corrected chi connectivity index (χ0v) is 13.9. The van der Waals surface area contributed by atoms with Gasteiger partial charge < -0.3 is 5.32 Å². The monoisotopic (exact) mass is 325 g/mol. The van der Waals surface area contributed by atoms with Crippen molar-refractivity contribution in [1.29, 1.82) is 0 Å². The molecule has 0 bridgehead atoms. The summed E-state index contributed by atoms with van der Waals surface area (Å²) in [6.07, 6.45) is 5.28. The molecule has 1 aliphatic heterocycles. The second kappa shape index (κ2) is 6.04. The Labute approximate surface area is 142 Å². The molecule has 0 saturated heterocycles. The first kappa shape index (κ1) is 15.4. The van der Waals surface area contributed by atoms with Crippen molar-refractivity contribution in [3.8, 4) is 0 Å². The molecule has 0 radical (unpaired) electrons. The van der Waals surface area contributed by atoms with Gasteiger partial charge in [0.05, 0.1) is 5.69 Å². The van der Waals surface area contributed by atoms with Crippen LogP contribution in [-0.4, -0.2) is 29.5 Å². The minimum absolute atomic E-state index is 0.0336. The topological polar surface area (TPSA) is 61.8 Å². The van der Waals surface area contributed by atoms with E-state index in [-0.39, 0.29) is 17.7 Å². The zero-order chi connectivity index (χ0) is 16.7. The quantitative estimate of drug-likeness (QED) is 0.874. The van der Waals surface area contributed by atoms with E-state index in [9.17, 15) is 9.59 Å². The molecule has 0 aromatic heterocycles. The third kappa shape index (κ3) is 3.07. The van der Waals surface area contributed by atoms with Gasteiger partial charge in [0.15, 0.2) is 5.78 Å². The Balaban J connectivity index is 1.51. The van der Waals surface area contributed by atoms with Crippen LogP contribution in [0.15, 0.2) is 35.4 Å². The fourth-order valence-corrected chi connectivity index (χ4v) is 3.55. The smallest absolute Gasteiger partial charge is 0.267 e. The molecule has 126 valence electrons. The van der Waals surface area contributed by atoms with E-state index in [4.69, 9.17) is 0 Å². The van der Waals surface area contributed by atoms with Crippen LogP contribution >= 0.6 is 0 Å². The Morgan fingerprint density at radius 3 is 2.29 bits per heavy atom. The summed E-state index contributed by atoms with van der Waals surface area (Å²) in [5.41, 5.74) is 1.33. The van der Waals surface area contributed by atoms with Crippen LogP contribution in [0.3, 0.4) is 0 Å². The van der Waals surface area contributed by atoms with Crippen molar-refractivity contribution in [3.05, 3.63) is 30.3 Å². The molecule has 1 unspecified atom stereocenters. The average molecular weight is 325 g/mol. The van der Waals surface area contributed by atoms with Crippen LogP contribution in [0.5, 0.6) is 0 Å². The van der Waals surface area contributed by atoms with Crippen LogP contribution < -0.4 is 10.3 Å². The number of amides is 1. The van der Waals surface area contributed by atoms with Crippen LogP contribution in [0.1, 0.15) is 39.0 Å². The number of hydrazone groups is 1. The molecule has 24 heavy (non-hydrogen) atoms. The van der Waals surface area contributed by atoms with Crippen molar-refractivity contribution in [1.82, 2.24) is 5.32 Å². The van der Waals surface area contributed by atoms with Crippen LogP contribution in [0.4, 0.5) is 5.69 Å². The van der Waals surface area contributed by atoms with Gasteiger partial charge in [-0.15, -0.1) is 0 Å². The van der Waals surface area contributed by atoms with Crippen molar-refractivity contribution < 1.29 is 9.59 Å². The molecule has 2 saturated carbocycles. The number of nitrogens with one attached hydrogen (secondary N) is 1. The lowest BCUT2D eigenvalue weighted by molar-refractivity contribution is -0.118. The second-order valence-electron chi connectivity index (χ2n) is 7.23. The molecule has 4 rings (SSSR count). The Kier molecular flexibility index (Phi) is 3.87. The maximum atomic E-state index is 12.7. The summed E-state index contributed by atoms with van der Waals surface area (Å²) in [4.78, 5) is 24.7. The minimum atomic E-state index is -0.381. The van der Waals surface area contributed by atoms with Gasteiger partial charge in [-0.05, 0) is 56.6 Å². The van der Waals surface area contributed by atoms with Crippen LogP contribution in [0.25, 0.3) is 0 Å². The maximum absolute atomic E-state index is 12.7. The Morgan fingerprint density at radius 2 is 1.75 bits per heavy atom. The number of para-hydroxylation sites is 1. The number of carbonyl (C=O) groups is 2. The molecular weight excluding hydrogens is 302 g/mol. The molecule has 1 N–H and O–H groups in total. The molecule has 5 nitrogen and oxygen atoms in total. The Hall–Kier alpha value is -2.17. The van der Waals surface area contributed by atoms with Crippen molar-refractivity contribution in [2.75, 3.05) is 5.01 Å². The van der Waals surface area contributed by atoms with Crippen LogP contribution in [-0.2, 0) is 9.59 Å². The SMILES string of the molecule is CC(=O)C1CC(C(=O)NC(C2CC2)C2CC2)=NN1c1ccccc1. The molecule has 2 fully saturated rings. The summed E-state index contributed by atoms with van der Waals surface area (Å²) >= 11 is 0. The van der Waals surface area contributed by atoms with Gasteiger partial charge in [-0.25, -0.2) is 0 Å². The first-order valence-corrected chi connectivity index (χ1v) is 8.86. The van der Waals surface area contributed by atoms with Gasteiger partial charge in [-0.3, -0.25) is 14.6 Å². The summed E-state index contributed by atoms with van der Waals surface area (Å²) in [7, 11) is 0. The number of ketones is 1. The van der Waals surface area contributed by atoms with Crippen LogP contribution in [0, 0.1) is 11.8 Å². The number of hydrogen-bond acceptors (Lipinski definition) is 4. The van der Waals surface area contributed by atoms with Crippen LogP contribution in [0.2, 0.25) is 0 Å². The number of benzene rings is 1. The van der Waals surface area contributed by atoms with E-state index in [1.165, 1.54) is 25.7 Å². The lowest BCUT2D eigenvalue weighted by atomic mass is 10.0. The summed E-state index contributed by atoms with van der Waals surface area (Å²) < 4.78 is 0. The molecule has 2 aliphatic carbocycles. The van der Waals surface area contributed by atoms with Gasteiger partial charge in [0.2, 0.25) is 0 Å². The third-order valence-corrected chi connectivity index (χ3v) is 5.22. The number of rotatable bonds is 6. The lowest BCUT2D eigenvalue weighted by Gasteiger charge is -2.20. The van der Waals surface area contributed by atoms with E-state index in [0.717, 1.165) is 5.69 Å². The molecule has 1 atom stereocenters. The normalized spacial score (nSPS) is 23.3. The lowest BCUT2D eigenvalue weighted by Crippen LogP contribution is -2.42.